The van der Waals surface area contributed by atoms with E-state index in [-0.39, 0.29) is 18.9 Å². The van der Waals surface area contributed by atoms with Crippen molar-refractivity contribution >= 4 is 18.3 Å². The fraction of sp³-hybridized carbons (Fsp3) is 0.400. The summed E-state index contributed by atoms with van der Waals surface area (Å²) in [4.78, 5) is 34.3. The predicted molar refractivity (Wildman–Crippen MR) is 77.1 cm³/mol. The zero-order chi connectivity index (χ0) is 15.6. The number of carbonyl (C=O) groups excluding carboxylic acids is 3. The molecule has 1 aliphatic rings. The molecular weight excluding hydrogens is 270 g/mol. The monoisotopic (exact) mass is 289 g/mol. The van der Waals surface area contributed by atoms with Crippen LogP contribution in [0.1, 0.15) is 28.7 Å². The number of hydrogen-bond donors (Lipinski definition) is 1. The maximum atomic E-state index is 11.8. The van der Waals surface area contributed by atoms with Gasteiger partial charge in [-0.05, 0) is 37.5 Å². The van der Waals surface area contributed by atoms with E-state index in [1.54, 1.807) is 0 Å². The molecule has 0 aromatic heterocycles. The molecule has 0 radical (unpaired) electrons. The zero-order valence-electron chi connectivity index (χ0n) is 12.5. The lowest BCUT2D eigenvalue weighted by Crippen LogP contribution is -2.56. The van der Waals surface area contributed by atoms with Gasteiger partial charge in [-0.2, -0.15) is 0 Å². The van der Waals surface area contributed by atoms with E-state index >= 15 is 0 Å². The number of nitrogens with zero attached hydrogens (tertiary/aromatic N) is 2. The van der Waals surface area contributed by atoms with Crippen molar-refractivity contribution in [3.8, 4) is 0 Å². The van der Waals surface area contributed by atoms with Gasteiger partial charge in [0, 0.05) is 6.42 Å². The van der Waals surface area contributed by atoms with Crippen molar-refractivity contribution in [2.24, 2.45) is 0 Å². The van der Waals surface area contributed by atoms with Crippen LogP contribution >= 0.6 is 0 Å². The number of aryl methyl sites for hydroxylation is 2. The van der Waals surface area contributed by atoms with Gasteiger partial charge in [0.25, 0.3) is 0 Å². The van der Waals surface area contributed by atoms with Crippen LogP contribution in [0.2, 0.25) is 0 Å². The molecule has 21 heavy (non-hydrogen) atoms. The highest BCUT2D eigenvalue weighted by atomic mass is 16.2. The summed E-state index contributed by atoms with van der Waals surface area (Å²) in [5.74, 6) is -0.315. The maximum Gasteiger partial charge on any atom is 0.342 e. The summed E-state index contributed by atoms with van der Waals surface area (Å²) in [6, 6.07) is 3.53. The maximum absolute atomic E-state index is 11.8. The fourth-order valence-electron chi connectivity index (χ4n) is 2.45. The molecule has 6 heteroatoms. The molecule has 1 saturated heterocycles. The van der Waals surface area contributed by atoms with E-state index in [1.807, 2.05) is 26.8 Å². The van der Waals surface area contributed by atoms with Crippen LogP contribution < -0.4 is 5.32 Å². The lowest BCUT2D eigenvalue weighted by molar-refractivity contribution is -0.136. The summed E-state index contributed by atoms with van der Waals surface area (Å²) >= 11 is 0. The van der Waals surface area contributed by atoms with E-state index in [2.05, 4.69) is 11.4 Å². The van der Waals surface area contributed by atoms with Gasteiger partial charge >= 0.3 is 6.03 Å². The molecule has 1 heterocycles. The molecule has 1 N–H and O–H groups in total. The van der Waals surface area contributed by atoms with Gasteiger partial charge in [0.15, 0.2) is 0 Å². The Morgan fingerprint density at radius 3 is 2.62 bits per heavy atom. The van der Waals surface area contributed by atoms with Crippen molar-refractivity contribution in [3.63, 3.8) is 0 Å². The van der Waals surface area contributed by atoms with Crippen molar-refractivity contribution in [1.29, 1.82) is 0 Å². The lowest BCUT2D eigenvalue weighted by atomic mass is 10.00. The highest BCUT2D eigenvalue weighted by Gasteiger charge is 2.27. The normalized spacial score (nSPS) is 14.9. The molecule has 1 fully saturated rings. The van der Waals surface area contributed by atoms with Crippen LogP contribution in [0, 0.1) is 20.8 Å². The molecule has 0 unspecified atom stereocenters. The largest absolute Gasteiger partial charge is 0.342 e. The molecule has 2 rings (SSSR count). The van der Waals surface area contributed by atoms with Crippen molar-refractivity contribution in [2.45, 2.75) is 33.7 Å². The second-order valence-electron chi connectivity index (χ2n) is 5.30. The predicted octanol–water partition coefficient (Wildman–Crippen LogP) is 1.43. The third kappa shape index (κ3) is 3.21. The Bertz CT molecular complexity index is 598. The van der Waals surface area contributed by atoms with Gasteiger partial charge in [0.1, 0.15) is 0 Å². The van der Waals surface area contributed by atoms with E-state index in [4.69, 9.17) is 0 Å². The minimum absolute atomic E-state index is 0.196. The van der Waals surface area contributed by atoms with Crippen LogP contribution in [-0.2, 0) is 16.1 Å². The minimum Gasteiger partial charge on any atom is -0.277 e. The minimum atomic E-state index is -0.555. The van der Waals surface area contributed by atoms with Crippen molar-refractivity contribution in [2.75, 3.05) is 6.54 Å². The number of rotatable bonds is 4. The van der Waals surface area contributed by atoms with Gasteiger partial charge in [-0.25, -0.2) is 14.8 Å². The Balaban J connectivity index is 2.22. The third-order valence-corrected chi connectivity index (χ3v) is 3.71. The average molecular weight is 289 g/mol. The number of nitrogens with one attached hydrogen (secondary N) is 1. The summed E-state index contributed by atoms with van der Waals surface area (Å²) in [7, 11) is 0. The molecular formula is C15H19N3O3. The Morgan fingerprint density at radius 1 is 1.29 bits per heavy atom. The summed E-state index contributed by atoms with van der Waals surface area (Å²) in [6.07, 6.45) is 0.814. The Hall–Kier alpha value is -2.37. The van der Waals surface area contributed by atoms with Gasteiger partial charge in [-0.1, -0.05) is 17.7 Å². The first kappa shape index (κ1) is 15.0. The van der Waals surface area contributed by atoms with Crippen LogP contribution in [0.4, 0.5) is 4.79 Å². The number of hydrazine groups is 1. The molecule has 1 aromatic rings. The highest BCUT2D eigenvalue weighted by molar-refractivity contribution is 5.96. The fourth-order valence-corrected chi connectivity index (χ4v) is 2.45. The van der Waals surface area contributed by atoms with Crippen LogP contribution in [0.25, 0.3) is 0 Å². The molecule has 0 atom stereocenters. The van der Waals surface area contributed by atoms with E-state index in [0.717, 1.165) is 22.3 Å². The summed E-state index contributed by atoms with van der Waals surface area (Å²) in [5, 5.41) is 4.79. The SMILES string of the molecule is Cc1cc(C)c(C)c(CN(C=O)N2CCC(=O)NC2=O)c1. The van der Waals surface area contributed by atoms with Gasteiger partial charge in [0.2, 0.25) is 12.3 Å². The molecule has 6 nitrogen and oxygen atoms in total. The van der Waals surface area contributed by atoms with Crippen LogP contribution in [0.15, 0.2) is 12.1 Å². The number of amides is 4. The van der Waals surface area contributed by atoms with Gasteiger partial charge in [-0.3, -0.25) is 14.9 Å². The van der Waals surface area contributed by atoms with Crippen LogP contribution in [0.3, 0.4) is 0 Å². The topological polar surface area (TPSA) is 69.7 Å². The molecule has 112 valence electrons. The first-order valence-electron chi connectivity index (χ1n) is 6.82. The zero-order valence-corrected chi connectivity index (χ0v) is 12.5. The molecule has 1 aliphatic heterocycles. The van der Waals surface area contributed by atoms with E-state index < -0.39 is 6.03 Å². The smallest absolute Gasteiger partial charge is 0.277 e. The number of hydrogen-bond acceptors (Lipinski definition) is 3. The van der Waals surface area contributed by atoms with Crippen LogP contribution in [0.5, 0.6) is 0 Å². The molecule has 1 aromatic carbocycles. The quantitative estimate of drug-likeness (QED) is 0.852. The molecule has 4 amide bonds. The van der Waals surface area contributed by atoms with Crippen molar-refractivity contribution in [1.82, 2.24) is 15.3 Å². The Morgan fingerprint density at radius 2 is 2.00 bits per heavy atom. The molecule has 0 bridgehead atoms. The first-order chi connectivity index (χ1) is 9.92. The van der Waals surface area contributed by atoms with Gasteiger partial charge in [0.05, 0.1) is 13.1 Å². The van der Waals surface area contributed by atoms with Crippen molar-refractivity contribution < 1.29 is 14.4 Å². The second kappa shape index (κ2) is 5.95. The third-order valence-electron chi connectivity index (χ3n) is 3.71. The van der Waals surface area contributed by atoms with E-state index in [0.29, 0.717) is 13.0 Å². The number of carbonyl (C=O) groups is 3. The molecule has 0 saturated carbocycles. The summed E-state index contributed by atoms with van der Waals surface area (Å²) in [6.45, 7) is 6.52. The van der Waals surface area contributed by atoms with E-state index in [9.17, 15) is 14.4 Å². The standard InChI is InChI=1S/C15H19N3O3/c1-10-6-11(2)12(3)13(7-10)8-17(9-19)18-5-4-14(20)16-15(18)21/h6-7,9H,4-5,8H2,1-3H3,(H,16,20,21). The van der Waals surface area contributed by atoms with Crippen molar-refractivity contribution in [3.05, 3.63) is 34.4 Å². The average Bonchev–Trinajstić information content (AvgIpc) is 2.42. The Kier molecular flexibility index (Phi) is 4.26. The van der Waals surface area contributed by atoms with Gasteiger partial charge < -0.3 is 0 Å². The number of imide groups is 1. The lowest BCUT2D eigenvalue weighted by Gasteiger charge is -2.34. The highest BCUT2D eigenvalue weighted by Crippen LogP contribution is 2.18. The first-order valence-corrected chi connectivity index (χ1v) is 6.82. The number of benzene rings is 1. The number of urea groups is 1. The van der Waals surface area contributed by atoms with Crippen LogP contribution in [-0.4, -0.2) is 34.9 Å². The Labute approximate surface area is 123 Å². The van der Waals surface area contributed by atoms with Gasteiger partial charge in [-0.15, -0.1) is 0 Å². The summed E-state index contributed by atoms with van der Waals surface area (Å²) < 4.78 is 0. The summed E-state index contributed by atoms with van der Waals surface area (Å²) in [5.41, 5.74) is 4.34. The second-order valence-corrected chi connectivity index (χ2v) is 5.30. The molecule has 0 aliphatic carbocycles. The van der Waals surface area contributed by atoms with E-state index in [1.165, 1.54) is 10.0 Å². The molecule has 0 spiro atoms.